The number of nitrogens with zero attached hydrogens (tertiary/aromatic N) is 2. The Kier molecular flexibility index (Phi) is 4.65. The van der Waals surface area contributed by atoms with E-state index in [2.05, 4.69) is 14.9 Å². The Morgan fingerprint density at radius 1 is 1.10 bits per heavy atom. The summed E-state index contributed by atoms with van der Waals surface area (Å²) in [6, 6.07) is 13.2. The molecular weight excluding hydrogens is 278 g/mol. The number of aromatic nitrogens is 2. The summed E-state index contributed by atoms with van der Waals surface area (Å²) in [6.45, 7) is 0.396. The number of hydrogen-bond acceptors (Lipinski definition) is 5. The molecule has 0 aliphatic carbocycles. The highest BCUT2D eigenvalue weighted by Crippen LogP contribution is 2.16. The van der Waals surface area contributed by atoms with Crippen LogP contribution in [0, 0.1) is 0 Å². The molecule has 2 rings (SSSR count). The summed E-state index contributed by atoms with van der Waals surface area (Å²) in [5, 5.41) is 8.00. The average molecular weight is 293 g/mol. The molecule has 20 heavy (non-hydrogen) atoms. The van der Waals surface area contributed by atoms with Crippen LogP contribution in [-0.4, -0.2) is 38.0 Å². The van der Waals surface area contributed by atoms with Gasteiger partial charge in [-0.3, -0.25) is 0 Å². The molecule has 0 unspecified atom stereocenters. The zero-order valence-corrected chi connectivity index (χ0v) is 11.8. The fraction of sp³-hybridized carbons (Fsp3) is 0.231. The Balaban J connectivity index is 1.89. The van der Waals surface area contributed by atoms with Gasteiger partial charge in [-0.2, -0.15) is 0 Å². The van der Waals surface area contributed by atoms with Crippen molar-refractivity contribution in [2.75, 3.05) is 19.4 Å². The molecule has 1 aromatic carbocycles. The van der Waals surface area contributed by atoms with Crippen LogP contribution in [0.2, 0.25) is 0 Å². The van der Waals surface area contributed by atoms with E-state index in [1.54, 1.807) is 6.07 Å². The number of nitrogens with one attached hydrogen (secondary N) is 1. The van der Waals surface area contributed by atoms with Gasteiger partial charge in [0.1, 0.15) is 6.61 Å². The second-order valence-electron chi connectivity index (χ2n) is 4.14. The molecule has 0 spiro atoms. The SMILES string of the molecule is CS(=O)(=O)NCCOc1ccc(-c2ccccc2)nn1. The lowest BCUT2D eigenvalue weighted by molar-refractivity contribution is 0.307. The van der Waals surface area contributed by atoms with Gasteiger partial charge in [0.05, 0.1) is 11.9 Å². The Labute approximate surface area is 117 Å². The van der Waals surface area contributed by atoms with E-state index >= 15 is 0 Å². The van der Waals surface area contributed by atoms with Gasteiger partial charge in [-0.25, -0.2) is 13.1 Å². The van der Waals surface area contributed by atoms with Crippen molar-refractivity contribution in [3.05, 3.63) is 42.5 Å². The topological polar surface area (TPSA) is 81.2 Å². The molecular formula is C13H15N3O3S. The quantitative estimate of drug-likeness (QED) is 0.806. The highest BCUT2D eigenvalue weighted by Gasteiger charge is 2.02. The molecule has 0 fully saturated rings. The zero-order chi connectivity index (χ0) is 14.4. The Morgan fingerprint density at radius 2 is 1.85 bits per heavy atom. The van der Waals surface area contributed by atoms with Crippen molar-refractivity contribution >= 4 is 10.0 Å². The molecule has 1 N–H and O–H groups in total. The molecule has 0 saturated heterocycles. The number of ether oxygens (including phenoxy) is 1. The van der Waals surface area contributed by atoms with Crippen LogP contribution in [-0.2, 0) is 10.0 Å². The molecule has 0 saturated carbocycles. The van der Waals surface area contributed by atoms with Crippen LogP contribution in [0.15, 0.2) is 42.5 Å². The first-order valence-corrected chi connectivity index (χ1v) is 7.90. The standard InChI is InChI=1S/C13H15N3O3S/c1-20(17,18)14-9-10-19-13-8-7-12(15-16-13)11-5-3-2-4-6-11/h2-8,14H,9-10H2,1H3. The number of sulfonamides is 1. The summed E-state index contributed by atoms with van der Waals surface area (Å²) in [7, 11) is -3.19. The maximum absolute atomic E-state index is 10.8. The predicted octanol–water partition coefficient (Wildman–Crippen LogP) is 1.07. The molecule has 6 nitrogen and oxygen atoms in total. The van der Waals surface area contributed by atoms with E-state index in [9.17, 15) is 8.42 Å². The maximum Gasteiger partial charge on any atom is 0.233 e. The van der Waals surface area contributed by atoms with Crippen molar-refractivity contribution in [2.45, 2.75) is 0 Å². The van der Waals surface area contributed by atoms with Crippen molar-refractivity contribution in [3.63, 3.8) is 0 Å². The minimum atomic E-state index is -3.19. The normalized spacial score (nSPS) is 11.2. The Hall–Kier alpha value is -1.99. The number of benzene rings is 1. The molecule has 0 atom stereocenters. The second kappa shape index (κ2) is 6.44. The summed E-state index contributed by atoms with van der Waals surface area (Å²) < 4.78 is 29.3. The fourth-order valence-electron chi connectivity index (χ4n) is 1.54. The lowest BCUT2D eigenvalue weighted by atomic mass is 10.1. The Morgan fingerprint density at radius 3 is 2.45 bits per heavy atom. The van der Waals surface area contributed by atoms with Gasteiger partial charge in [-0.05, 0) is 6.07 Å². The first-order valence-electron chi connectivity index (χ1n) is 6.01. The van der Waals surface area contributed by atoms with Crippen LogP contribution in [0.1, 0.15) is 0 Å². The predicted molar refractivity (Wildman–Crippen MR) is 75.8 cm³/mol. The minimum Gasteiger partial charge on any atom is -0.475 e. The summed E-state index contributed by atoms with van der Waals surface area (Å²) >= 11 is 0. The van der Waals surface area contributed by atoms with Crippen molar-refractivity contribution in [2.24, 2.45) is 0 Å². The number of hydrogen-bond donors (Lipinski definition) is 1. The van der Waals surface area contributed by atoms with Crippen molar-refractivity contribution in [1.82, 2.24) is 14.9 Å². The second-order valence-corrected chi connectivity index (χ2v) is 5.97. The largest absolute Gasteiger partial charge is 0.475 e. The van der Waals surface area contributed by atoms with Crippen molar-refractivity contribution in [3.8, 4) is 17.1 Å². The van der Waals surface area contributed by atoms with Crippen LogP contribution < -0.4 is 9.46 Å². The van der Waals surface area contributed by atoms with Crippen LogP contribution in [0.3, 0.4) is 0 Å². The molecule has 106 valence electrons. The zero-order valence-electron chi connectivity index (χ0n) is 11.0. The molecule has 1 heterocycles. The third-order valence-electron chi connectivity index (χ3n) is 2.43. The van der Waals surface area contributed by atoms with Gasteiger partial charge in [0, 0.05) is 18.2 Å². The molecule has 0 aliphatic heterocycles. The summed E-state index contributed by atoms with van der Waals surface area (Å²) in [6.07, 6.45) is 1.10. The van der Waals surface area contributed by atoms with Crippen molar-refractivity contribution < 1.29 is 13.2 Å². The molecule has 2 aromatic rings. The highest BCUT2D eigenvalue weighted by molar-refractivity contribution is 7.88. The van der Waals surface area contributed by atoms with E-state index in [0.29, 0.717) is 5.88 Å². The van der Waals surface area contributed by atoms with E-state index < -0.39 is 10.0 Å². The lowest BCUT2D eigenvalue weighted by Crippen LogP contribution is -2.27. The number of rotatable bonds is 6. The van der Waals surface area contributed by atoms with E-state index in [1.165, 1.54) is 0 Å². The minimum absolute atomic E-state index is 0.195. The summed E-state index contributed by atoms with van der Waals surface area (Å²) in [5.74, 6) is 0.361. The first-order chi connectivity index (χ1) is 9.54. The van der Waals surface area contributed by atoms with Crippen LogP contribution in [0.25, 0.3) is 11.3 Å². The van der Waals surface area contributed by atoms with E-state index in [0.717, 1.165) is 17.5 Å². The molecule has 0 amide bonds. The average Bonchev–Trinajstić information content (AvgIpc) is 2.44. The molecule has 0 aliphatic rings. The summed E-state index contributed by atoms with van der Waals surface area (Å²) in [4.78, 5) is 0. The van der Waals surface area contributed by atoms with E-state index in [-0.39, 0.29) is 13.2 Å². The van der Waals surface area contributed by atoms with E-state index in [1.807, 2.05) is 36.4 Å². The van der Waals surface area contributed by atoms with Gasteiger partial charge < -0.3 is 4.74 Å². The monoisotopic (exact) mass is 293 g/mol. The highest BCUT2D eigenvalue weighted by atomic mass is 32.2. The smallest absolute Gasteiger partial charge is 0.233 e. The van der Waals surface area contributed by atoms with E-state index in [4.69, 9.17) is 4.74 Å². The van der Waals surface area contributed by atoms with Gasteiger partial charge in [-0.15, -0.1) is 10.2 Å². The lowest BCUT2D eigenvalue weighted by Gasteiger charge is -2.05. The van der Waals surface area contributed by atoms with Gasteiger partial charge >= 0.3 is 0 Å². The third kappa shape index (κ3) is 4.60. The van der Waals surface area contributed by atoms with Gasteiger partial charge in [0.2, 0.25) is 15.9 Å². The van der Waals surface area contributed by atoms with Gasteiger partial charge in [0.15, 0.2) is 0 Å². The van der Waals surface area contributed by atoms with Crippen LogP contribution >= 0.6 is 0 Å². The third-order valence-corrected chi connectivity index (χ3v) is 3.15. The molecule has 0 bridgehead atoms. The molecule has 1 aromatic heterocycles. The van der Waals surface area contributed by atoms with Crippen LogP contribution in [0.4, 0.5) is 0 Å². The van der Waals surface area contributed by atoms with Gasteiger partial charge in [0.25, 0.3) is 0 Å². The van der Waals surface area contributed by atoms with Gasteiger partial charge in [-0.1, -0.05) is 30.3 Å². The van der Waals surface area contributed by atoms with Crippen LogP contribution in [0.5, 0.6) is 5.88 Å². The molecule has 0 radical (unpaired) electrons. The maximum atomic E-state index is 10.8. The first kappa shape index (κ1) is 14.4. The molecule has 7 heteroatoms. The summed E-state index contributed by atoms with van der Waals surface area (Å²) in [5.41, 5.74) is 1.73. The Bertz CT molecular complexity index is 642. The van der Waals surface area contributed by atoms with Crippen molar-refractivity contribution in [1.29, 1.82) is 0 Å². The fourth-order valence-corrected chi connectivity index (χ4v) is 2.00.